The molecule has 6 rings (SSSR count). The number of carbonyl (C=O) groups is 2. The van der Waals surface area contributed by atoms with Gasteiger partial charge in [0, 0.05) is 67.8 Å². The SMILES string of the molecule is Cc1ccc(C(=O)Nc2ccc(CN3CCN(C)CC3)c(C(F)(F)F)c2)cc1C#Cc1cnc(Nc2c(C)cccc2NC(=O)C2CC2)nc1. The van der Waals surface area contributed by atoms with E-state index in [9.17, 15) is 22.8 Å². The number of aryl methyl sites for hydroxylation is 2. The summed E-state index contributed by atoms with van der Waals surface area (Å²) >= 11 is 0. The molecule has 9 nitrogen and oxygen atoms in total. The predicted octanol–water partition coefficient (Wildman–Crippen LogP) is 6.60. The number of amides is 2. The molecule has 1 aliphatic heterocycles. The molecule has 3 N–H and O–H groups in total. The highest BCUT2D eigenvalue weighted by molar-refractivity contribution is 6.04. The lowest BCUT2D eigenvalue weighted by atomic mass is 10.0. The van der Waals surface area contributed by atoms with Crippen LogP contribution in [0.1, 0.15) is 56.6 Å². The monoisotopic (exact) mass is 681 g/mol. The molecule has 0 unspecified atom stereocenters. The summed E-state index contributed by atoms with van der Waals surface area (Å²) in [4.78, 5) is 38.5. The molecule has 50 heavy (non-hydrogen) atoms. The van der Waals surface area contributed by atoms with Crippen LogP contribution in [0.15, 0.2) is 67.0 Å². The van der Waals surface area contributed by atoms with E-state index in [2.05, 4.69) is 42.7 Å². The highest BCUT2D eigenvalue weighted by Crippen LogP contribution is 2.35. The van der Waals surface area contributed by atoms with Crippen LogP contribution in [0.25, 0.3) is 0 Å². The molecular formula is C38H38F3N7O2. The molecule has 0 radical (unpaired) electrons. The molecule has 2 amide bonds. The lowest BCUT2D eigenvalue weighted by molar-refractivity contribution is -0.138. The third-order valence-electron chi connectivity index (χ3n) is 8.87. The Balaban J connectivity index is 1.13. The molecule has 1 saturated heterocycles. The number of nitrogens with one attached hydrogen (secondary N) is 3. The number of alkyl halides is 3. The van der Waals surface area contributed by atoms with Gasteiger partial charge < -0.3 is 20.9 Å². The summed E-state index contributed by atoms with van der Waals surface area (Å²) < 4.78 is 42.2. The Morgan fingerprint density at radius 2 is 1.64 bits per heavy atom. The number of anilines is 4. The molecule has 12 heteroatoms. The van der Waals surface area contributed by atoms with Crippen LogP contribution in [-0.4, -0.2) is 64.8 Å². The summed E-state index contributed by atoms with van der Waals surface area (Å²) in [5, 5.41) is 8.80. The summed E-state index contributed by atoms with van der Waals surface area (Å²) in [6.07, 6.45) is 0.383. The summed E-state index contributed by atoms with van der Waals surface area (Å²) in [7, 11) is 1.99. The van der Waals surface area contributed by atoms with Crippen molar-refractivity contribution in [1.29, 1.82) is 0 Å². The molecule has 0 spiro atoms. The Hall–Kier alpha value is -5.25. The molecule has 1 saturated carbocycles. The van der Waals surface area contributed by atoms with Gasteiger partial charge in [0.05, 0.1) is 22.5 Å². The molecule has 2 aliphatic rings. The van der Waals surface area contributed by atoms with Crippen LogP contribution < -0.4 is 16.0 Å². The first-order valence-electron chi connectivity index (χ1n) is 16.5. The van der Waals surface area contributed by atoms with E-state index in [1.165, 1.54) is 12.1 Å². The van der Waals surface area contributed by atoms with E-state index in [-0.39, 0.29) is 35.2 Å². The third kappa shape index (κ3) is 8.66. The van der Waals surface area contributed by atoms with Gasteiger partial charge in [-0.25, -0.2) is 9.97 Å². The quantitative estimate of drug-likeness (QED) is 0.180. The van der Waals surface area contributed by atoms with Gasteiger partial charge in [0.2, 0.25) is 11.9 Å². The van der Waals surface area contributed by atoms with Crippen molar-refractivity contribution in [3.8, 4) is 11.8 Å². The van der Waals surface area contributed by atoms with Crippen molar-refractivity contribution in [3.05, 3.63) is 106 Å². The van der Waals surface area contributed by atoms with E-state index in [0.29, 0.717) is 41.5 Å². The van der Waals surface area contributed by atoms with Crippen molar-refractivity contribution in [3.63, 3.8) is 0 Å². The van der Waals surface area contributed by atoms with Crippen LogP contribution >= 0.6 is 0 Å². The number of aromatic nitrogens is 2. The molecule has 2 fully saturated rings. The van der Waals surface area contributed by atoms with E-state index >= 15 is 0 Å². The normalized spacial score (nSPS) is 15.2. The fourth-order valence-corrected chi connectivity index (χ4v) is 5.63. The topological polar surface area (TPSA) is 102 Å². The molecular weight excluding hydrogens is 643 g/mol. The van der Waals surface area contributed by atoms with Crippen molar-refractivity contribution < 1.29 is 22.8 Å². The molecule has 1 aliphatic carbocycles. The van der Waals surface area contributed by atoms with Crippen LogP contribution in [0.2, 0.25) is 0 Å². The summed E-state index contributed by atoms with van der Waals surface area (Å²) in [6, 6.07) is 14.5. The van der Waals surface area contributed by atoms with Crippen LogP contribution in [0.3, 0.4) is 0 Å². The van der Waals surface area contributed by atoms with Crippen LogP contribution in [-0.2, 0) is 17.5 Å². The Bertz CT molecular complexity index is 1960. The number of nitrogens with zero attached hydrogens (tertiary/aromatic N) is 4. The van der Waals surface area contributed by atoms with Gasteiger partial charge in [0.25, 0.3) is 5.91 Å². The van der Waals surface area contributed by atoms with E-state index < -0.39 is 17.6 Å². The first-order valence-corrected chi connectivity index (χ1v) is 16.5. The zero-order valence-electron chi connectivity index (χ0n) is 28.1. The maximum atomic E-state index is 14.1. The summed E-state index contributed by atoms with van der Waals surface area (Å²) in [5.74, 6) is 5.94. The first kappa shape index (κ1) is 34.6. The van der Waals surface area contributed by atoms with Gasteiger partial charge in [-0.2, -0.15) is 13.2 Å². The van der Waals surface area contributed by atoms with Crippen molar-refractivity contribution in [2.45, 2.75) is 39.4 Å². The first-order chi connectivity index (χ1) is 23.9. The summed E-state index contributed by atoms with van der Waals surface area (Å²) in [6.45, 7) is 6.95. The van der Waals surface area contributed by atoms with Crippen molar-refractivity contribution in [1.82, 2.24) is 19.8 Å². The number of para-hydroxylation sites is 1. The number of carbonyl (C=O) groups excluding carboxylic acids is 2. The lowest BCUT2D eigenvalue weighted by Gasteiger charge is -2.33. The Labute approximate surface area is 289 Å². The van der Waals surface area contributed by atoms with Gasteiger partial charge in [-0.1, -0.05) is 36.1 Å². The average Bonchev–Trinajstić information content (AvgIpc) is 3.94. The number of piperazine rings is 1. The minimum Gasteiger partial charge on any atom is -0.324 e. The highest BCUT2D eigenvalue weighted by Gasteiger charge is 2.34. The van der Waals surface area contributed by atoms with Gasteiger partial charge in [-0.05, 0) is 80.8 Å². The Kier molecular flexibility index (Phi) is 10.2. The second-order valence-corrected chi connectivity index (χ2v) is 12.9. The zero-order chi connectivity index (χ0) is 35.4. The number of halogens is 3. The number of rotatable bonds is 8. The smallest absolute Gasteiger partial charge is 0.324 e. The minimum absolute atomic E-state index is 0.00320. The summed E-state index contributed by atoms with van der Waals surface area (Å²) in [5.41, 5.74) is 3.97. The predicted molar refractivity (Wildman–Crippen MR) is 187 cm³/mol. The minimum atomic E-state index is -4.57. The number of hydrogen-bond donors (Lipinski definition) is 3. The fraction of sp³-hybridized carbons (Fsp3) is 0.316. The van der Waals surface area contributed by atoms with Gasteiger partial charge in [-0.3, -0.25) is 14.5 Å². The molecule has 0 bridgehead atoms. The Morgan fingerprint density at radius 3 is 2.34 bits per heavy atom. The molecule has 4 aromatic rings. The fourth-order valence-electron chi connectivity index (χ4n) is 5.63. The van der Waals surface area contributed by atoms with Crippen LogP contribution in [0, 0.1) is 31.6 Å². The third-order valence-corrected chi connectivity index (χ3v) is 8.87. The second-order valence-electron chi connectivity index (χ2n) is 12.9. The lowest BCUT2D eigenvalue weighted by Crippen LogP contribution is -2.44. The Morgan fingerprint density at radius 1 is 0.900 bits per heavy atom. The zero-order valence-corrected chi connectivity index (χ0v) is 28.1. The largest absolute Gasteiger partial charge is 0.416 e. The van der Waals surface area contributed by atoms with E-state index in [0.717, 1.165) is 43.1 Å². The van der Waals surface area contributed by atoms with E-state index in [1.807, 2.05) is 44.0 Å². The van der Waals surface area contributed by atoms with Gasteiger partial charge in [0.1, 0.15) is 0 Å². The van der Waals surface area contributed by atoms with Crippen LogP contribution in [0.4, 0.5) is 36.2 Å². The molecule has 258 valence electrons. The second kappa shape index (κ2) is 14.7. The molecule has 1 aromatic heterocycles. The van der Waals surface area contributed by atoms with Crippen molar-refractivity contribution >= 4 is 34.8 Å². The van der Waals surface area contributed by atoms with Crippen molar-refractivity contribution in [2.24, 2.45) is 5.92 Å². The number of likely N-dealkylation sites (N-methyl/N-ethyl adjacent to an activating group) is 1. The standard InChI is InChI=1S/C38H38F3N7O2/c1-24-7-9-29(36(50)44-31-14-13-30(32(20-31)38(39,40)41)23-48-17-15-47(3)16-18-48)19-28(24)10-8-26-21-42-37(43-22-26)46-34-25(2)5-4-6-33(34)45-35(49)27-11-12-27/h4-7,9,13-14,19-22,27H,11-12,15-18,23H2,1-3H3,(H,44,50)(H,45,49)(H,42,43,46). The van der Waals surface area contributed by atoms with Gasteiger partial charge in [-0.15, -0.1) is 0 Å². The average molecular weight is 682 g/mol. The van der Waals surface area contributed by atoms with Crippen molar-refractivity contribution in [2.75, 3.05) is 49.2 Å². The number of benzene rings is 3. The van der Waals surface area contributed by atoms with E-state index in [4.69, 9.17) is 0 Å². The molecule has 2 heterocycles. The van der Waals surface area contributed by atoms with Gasteiger partial charge >= 0.3 is 6.18 Å². The highest BCUT2D eigenvalue weighted by atomic mass is 19.4. The maximum absolute atomic E-state index is 14.1. The molecule has 0 atom stereocenters. The number of hydrogen-bond acceptors (Lipinski definition) is 7. The van der Waals surface area contributed by atoms with E-state index in [1.54, 1.807) is 30.6 Å². The van der Waals surface area contributed by atoms with Gasteiger partial charge in [0.15, 0.2) is 0 Å². The molecule has 3 aromatic carbocycles. The maximum Gasteiger partial charge on any atom is 0.416 e. The van der Waals surface area contributed by atoms with Crippen LogP contribution in [0.5, 0.6) is 0 Å².